The van der Waals surface area contributed by atoms with Gasteiger partial charge in [0.2, 0.25) is 0 Å². The van der Waals surface area contributed by atoms with E-state index in [1.807, 2.05) is 13.8 Å². The number of aliphatic hydroxyl groups is 2. The topological polar surface area (TPSA) is 87.4 Å². The molecule has 0 aliphatic heterocycles. The van der Waals surface area contributed by atoms with Crippen molar-refractivity contribution in [1.82, 2.24) is 9.78 Å². The van der Waals surface area contributed by atoms with Crippen LogP contribution in [0, 0.1) is 0 Å². The molecular weight excluding hydrogens is 302 g/mol. The maximum atomic E-state index is 11.9. The van der Waals surface area contributed by atoms with Gasteiger partial charge < -0.3 is 15.5 Å². The molecule has 0 saturated heterocycles. The van der Waals surface area contributed by atoms with Crippen molar-refractivity contribution in [3.8, 4) is 0 Å². The fourth-order valence-electron chi connectivity index (χ4n) is 1.28. The zero-order valence-corrected chi connectivity index (χ0v) is 12.2. The van der Waals surface area contributed by atoms with Gasteiger partial charge in [-0.1, -0.05) is 0 Å². The molecule has 0 aliphatic carbocycles. The van der Waals surface area contributed by atoms with Crippen molar-refractivity contribution in [2.24, 2.45) is 0 Å². The van der Waals surface area contributed by atoms with Crippen molar-refractivity contribution in [2.75, 3.05) is 18.5 Å². The molecular formula is C11H18BrN3O3. The van der Waals surface area contributed by atoms with E-state index in [9.17, 15) is 9.90 Å². The lowest BCUT2D eigenvalue weighted by Gasteiger charge is -2.21. The van der Waals surface area contributed by atoms with Crippen molar-refractivity contribution in [2.45, 2.75) is 32.4 Å². The van der Waals surface area contributed by atoms with Crippen LogP contribution in [0.4, 0.5) is 5.69 Å². The summed E-state index contributed by atoms with van der Waals surface area (Å²) in [6.07, 6.45) is 1.51. The Morgan fingerprint density at radius 1 is 1.61 bits per heavy atom. The summed E-state index contributed by atoms with van der Waals surface area (Å²) in [5.41, 5.74) is -0.990. The van der Waals surface area contributed by atoms with Crippen molar-refractivity contribution in [1.29, 1.82) is 0 Å². The summed E-state index contributed by atoms with van der Waals surface area (Å²) < 4.78 is 1.72. The Balaban J connectivity index is 2.93. The molecule has 0 saturated carbocycles. The van der Waals surface area contributed by atoms with Crippen LogP contribution >= 0.6 is 15.9 Å². The van der Waals surface area contributed by atoms with Gasteiger partial charge in [-0.2, -0.15) is 5.10 Å². The minimum atomic E-state index is -1.24. The van der Waals surface area contributed by atoms with Crippen LogP contribution in [-0.4, -0.2) is 38.7 Å². The minimum Gasteiger partial charge on any atom is -0.393 e. The second-order valence-corrected chi connectivity index (χ2v) is 5.52. The van der Waals surface area contributed by atoms with Crippen LogP contribution in [0.2, 0.25) is 0 Å². The number of hydrogen-bond acceptors (Lipinski definition) is 5. The maximum Gasteiger partial charge on any atom is 0.283 e. The van der Waals surface area contributed by atoms with Gasteiger partial charge in [0.05, 0.1) is 24.5 Å². The first-order chi connectivity index (χ1) is 8.28. The maximum absolute atomic E-state index is 11.9. The van der Waals surface area contributed by atoms with E-state index in [1.54, 1.807) is 0 Å². The lowest BCUT2D eigenvalue weighted by Crippen LogP contribution is -2.37. The fraction of sp³-hybridized carbons (Fsp3) is 0.636. The van der Waals surface area contributed by atoms with E-state index in [-0.39, 0.29) is 24.8 Å². The number of halogens is 1. The summed E-state index contributed by atoms with van der Waals surface area (Å²) in [5.74, 6) is 0. The lowest BCUT2D eigenvalue weighted by molar-refractivity contribution is 0.0132. The van der Waals surface area contributed by atoms with Crippen LogP contribution in [0.5, 0.6) is 0 Å². The van der Waals surface area contributed by atoms with Crippen molar-refractivity contribution in [3.05, 3.63) is 21.0 Å². The van der Waals surface area contributed by atoms with Gasteiger partial charge in [0.25, 0.3) is 5.56 Å². The number of rotatable bonds is 5. The highest BCUT2D eigenvalue weighted by atomic mass is 79.9. The Hall–Kier alpha value is -0.920. The van der Waals surface area contributed by atoms with Gasteiger partial charge in [0.15, 0.2) is 0 Å². The molecule has 1 atom stereocenters. The molecule has 7 heteroatoms. The Morgan fingerprint density at radius 2 is 2.22 bits per heavy atom. The molecule has 1 unspecified atom stereocenters. The highest BCUT2D eigenvalue weighted by molar-refractivity contribution is 9.10. The molecule has 0 aliphatic rings. The molecule has 1 heterocycles. The van der Waals surface area contributed by atoms with Gasteiger partial charge in [0, 0.05) is 6.54 Å². The Labute approximate surface area is 114 Å². The summed E-state index contributed by atoms with van der Waals surface area (Å²) in [4.78, 5) is 11.9. The monoisotopic (exact) mass is 319 g/mol. The largest absolute Gasteiger partial charge is 0.393 e. The Morgan fingerprint density at radius 3 is 2.72 bits per heavy atom. The van der Waals surface area contributed by atoms with E-state index in [4.69, 9.17) is 5.11 Å². The average molecular weight is 320 g/mol. The first-order valence-electron chi connectivity index (χ1n) is 5.63. The Bertz CT molecular complexity index is 471. The first-order valence-corrected chi connectivity index (χ1v) is 6.42. The molecule has 0 spiro atoms. The number of nitrogens with one attached hydrogen (secondary N) is 1. The van der Waals surface area contributed by atoms with E-state index in [0.29, 0.717) is 10.2 Å². The molecule has 1 aromatic rings. The van der Waals surface area contributed by atoms with Crippen LogP contribution in [0.1, 0.15) is 26.8 Å². The first kappa shape index (κ1) is 15.1. The SMILES string of the molecule is CC(C)n1ncc(NCC(C)(O)CO)c(Br)c1=O. The van der Waals surface area contributed by atoms with Crippen LogP contribution < -0.4 is 10.9 Å². The average Bonchev–Trinajstić information content (AvgIpc) is 2.30. The van der Waals surface area contributed by atoms with Gasteiger partial charge in [0.1, 0.15) is 10.1 Å². The molecule has 1 rings (SSSR count). The Kier molecular flexibility index (Phi) is 4.89. The van der Waals surface area contributed by atoms with E-state index < -0.39 is 5.60 Å². The summed E-state index contributed by atoms with van der Waals surface area (Å²) in [7, 11) is 0. The zero-order valence-electron chi connectivity index (χ0n) is 10.6. The standard InChI is InChI=1S/C11H18BrN3O3/c1-7(2)15-10(17)9(12)8(4-14-15)13-5-11(3,18)6-16/h4,7,13,16,18H,5-6H2,1-3H3. The van der Waals surface area contributed by atoms with E-state index in [0.717, 1.165) is 0 Å². The zero-order chi connectivity index (χ0) is 13.9. The van der Waals surface area contributed by atoms with Crippen LogP contribution in [-0.2, 0) is 0 Å². The van der Waals surface area contributed by atoms with Gasteiger partial charge in [-0.15, -0.1) is 0 Å². The predicted molar refractivity (Wildman–Crippen MR) is 72.8 cm³/mol. The smallest absolute Gasteiger partial charge is 0.283 e. The molecule has 0 bridgehead atoms. The molecule has 3 N–H and O–H groups in total. The van der Waals surface area contributed by atoms with Crippen molar-refractivity contribution < 1.29 is 10.2 Å². The van der Waals surface area contributed by atoms with E-state index in [2.05, 4.69) is 26.3 Å². The van der Waals surface area contributed by atoms with Gasteiger partial charge in [-0.3, -0.25) is 4.79 Å². The number of nitrogens with zero attached hydrogens (tertiary/aromatic N) is 2. The molecule has 1 aromatic heterocycles. The van der Waals surface area contributed by atoms with Gasteiger partial charge in [-0.25, -0.2) is 4.68 Å². The summed E-state index contributed by atoms with van der Waals surface area (Å²) in [6.45, 7) is 4.98. The highest BCUT2D eigenvalue weighted by Crippen LogP contribution is 2.18. The van der Waals surface area contributed by atoms with E-state index in [1.165, 1.54) is 17.8 Å². The third-order valence-corrected chi connectivity index (χ3v) is 3.20. The van der Waals surface area contributed by atoms with Crippen LogP contribution in [0.3, 0.4) is 0 Å². The molecule has 0 fully saturated rings. The number of anilines is 1. The van der Waals surface area contributed by atoms with Crippen molar-refractivity contribution >= 4 is 21.6 Å². The van der Waals surface area contributed by atoms with Gasteiger partial charge >= 0.3 is 0 Å². The highest BCUT2D eigenvalue weighted by Gasteiger charge is 2.19. The third kappa shape index (κ3) is 3.54. The summed E-state index contributed by atoms with van der Waals surface area (Å²) in [6, 6.07) is -0.0246. The van der Waals surface area contributed by atoms with Crippen LogP contribution in [0.25, 0.3) is 0 Å². The lowest BCUT2D eigenvalue weighted by atomic mass is 10.1. The predicted octanol–water partition coefficient (Wildman–Crippen LogP) is 0.742. The minimum absolute atomic E-state index is 0.0246. The molecule has 0 aromatic carbocycles. The quantitative estimate of drug-likeness (QED) is 0.745. The molecule has 102 valence electrons. The summed E-state index contributed by atoms with van der Waals surface area (Å²) in [5, 5.41) is 25.5. The normalized spacial score (nSPS) is 14.6. The second-order valence-electron chi connectivity index (χ2n) is 4.72. The van der Waals surface area contributed by atoms with Crippen LogP contribution in [0.15, 0.2) is 15.5 Å². The number of hydrogen-bond donors (Lipinski definition) is 3. The summed E-state index contributed by atoms with van der Waals surface area (Å²) >= 11 is 3.21. The number of aromatic nitrogens is 2. The molecule has 0 amide bonds. The fourth-order valence-corrected chi connectivity index (χ4v) is 1.70. The molecule has 0 radical (unpaired) electrons. The third-order valence-electron chi connectivity index (χ3n) is 2.43. The molecule has 6 nitrogen and oxygen atoms in total. The molecule has 18 heavy (non-hydrogen) atoms. The van der Waals surface area contributed by atoms with Crippen molar-refractivity contribution in [3.63, 3.8) is 0 Å². The van der Waals surface area contributed by atoms with Gasteiger partial charge in [-0.05, 0) is 36.7 Å². The second kappa shape index (κ2) is 5.81. The number of aliphatic hydroxyl groups excluding tert-OH is 1. The van der Waals surface area contributed by atoms with E-state index >= 15 is 0 Å².